The molecule has 3 aromatic rings. The van der Waals surface area contributed by atoms with Crippen LogP contribution < -0.4 is 5.32 Å². The molecular formula is C21H15Cl3NOS+. The van der Waals surface area contributed by atoms with Crippen LogP contribution >= 0.6 is 34.8 Å². The van der Waals surface area contributed by atoms with Crippen molar-refractivity contribution in [1.82, 2.24) is 0 Å². The van der Waals surface area contributed by atoms with Crippen LogP contribution in [0.1, 0.15) is 15.9 Å². The standard InChI is InChI=1S/C21H14Cl3NOS/c1-27-18-11-8-13-4-2-3-5-16(13)20(18)25-19(27)12-17(26)14-6-9-15(10-7-14)21(22,23)24/h2-12H,1H3/p+1. The summed E-state index contributed by atoms with van der Waals surface area (Å²) in [4.78, 5) is 13.9. The fourth-order valence-electron chi connectivity index (χ4n) is 3.10. The Morgan fingerprint density at radius 1 is 1.00 bits per heavy atom. The Hall–Kier alpha value is -1.65. The molecule has 0 radical (unpaired) electrons. The SMILES string of the molecule is C[S+]1C(=CC(=O)c2ccc(C(Cl)(Cl)Cl)cc2)Nc2c1ccc1ccccc21. The van der Waals surface area contributed by atoms with Crippen LogP contribution in [0, 0.1) is 0 Å². The monoisotopic (exact) mass is 434 g/mol. The molecule has 6 heteroatoms. The normalized spacial score (nSPS) is 17.8. The largest absolute Gasteiger partial charge is 0.311 e. The van der Waals surface area contributed by atoms with Gasteiger partial charge >= 0.3 is 0 Å². The molecule has 1 aliphatic rings. The lowest BCUT2D eigenvalue weighted by atomic mass is 10.1. The highest BCUT2D eigenvalue weighted by molar-refractivity contribution is 8.00. The second kappa shape index (κ2) is 7.06. The molecule has 0 aliphatic carbocycles. The van der Waals surface area contributed by atoms with E-state index >= 15 is 0 Å². The Bertz CT molecular complexity index is 1070. The number of carbonyl (C=O) groups excluding carboxylic acids is 1. The van der Waals surface area contributed by atoms with Gasteiger partial charge in [0, 0.05) is 16.5 Å². The average Bonchev–Trinajstić information content (AvgIpc) is 2.97. The molecule has 136 valence electrons. The first kappa shape index (κ1) is 18.7. The maximum atomic E-state index is 12.7. The van der Waals surface area contributed by atoms with E-state index < -0.39 is 3.79 Å². The lowest BCUT2D eigenvalue weighted by Gasteiger charge is -2.10. The second-order valence-corrected chi connectivity index (χ2v) is 10.4. The molecule has 2 nitrogen and oxygen atoms in total. The summed E-state index contributed by atoms with van der Waals surface area (Å²) in [5, 5.41) is 6.71. The van der Waals surface area contributed by atoms with Crippen LogP contribution in [-0.4, -0.2) is 12.0 Å². The predicted molar refractivity (Wildman–Crippen MR) is 117 cm³/mol. The third-order valence-electron chi connectivity index (χ3n) is 4.56. The topological polar surface area (TPSA) is 29.1 Å². The van der Waals surface area contributed by atoms with Crippen molar-refractivity contribution < 1.29 is 4.79 Å². The number of ketones is 1. The summed E-state index contributed by atoms with van der Waals surface area (Å²) >= 11 is 17.6. The Balaban J connectivity index is 1.64. The maximum Gasteiger partial charge on any atom is 0.234 e. The molecule has 0 bridgehead atoms. The molecule has 1 aliphatic heterocycles. The van der Waals surface area contributed by atoms with Crippen molar-refractivity contribution in [3.05, 3.63) is 82.9 Å². The number of fused-ring (bicyclic) bond motifs is 3. The number of hydrogen-bond acceptors (Lipinski definition) is 2. The molecule has 0 amide bonds. The Labute approximate surface area is 175 Å². The quantitative estimate of drug-likeness (QED) is 0.218. The fourth-order valence-corrected chi connectivity index (χ4v) is 5.00. The molecule has 27 heavy (non-hydrogen) atoms. The number of rotatable bonds is 2. The highest BCUT2D eigenvalue weighted by Gasteiger charge is 2.35. The first-order chi connectivity index (χ1) is 12.8. The van der Waals surface area contributed by atoms with Gasteiger partial charge in [0.1, 0.15) is 11.9 Å². The van der Waals surface area contributed by atoms with Gasteiger partial charge in [-0.15, -0.1) is 0 Å². The van der Waals surface area contributed by atoms with Crippen LogP contribution in [0.15, 0.2) is 76.7 Å². The second-order valence-electron chi connectivity index (χ2n) is 6.24. The third-order valence-corrected chi connectivity index (χ3v) is 7.09. The average molecular weight is 436 g/mol. The van der Waals surface area contributed by atoms with Crippen molar-refractivity contribution >= 4 is 67.9 Å². The van der Waals surface area contributed by atoms with E-state index in [1.807, 2.05) is 12.1 Å². The maximum absolute atomic E-state index is 12.7. The summed E-state index contributed by atoms with van der Waals surface area (Å²) < 4.78 is -1.49. The van der Waals surface area contributed by atoms with Crippen LogP contribution in [0.3, 0.4) is 0 Å². The van der Waals surface area contributed by atoms with Crippen LogP contribution in [0.4, 0.5) is 5.69 Å². The number of anilines is 1. The molecule has 1 N–H and O–H groups in total. The molecule has 0 aromatic heterocycles. The zero-order chi connectivity index (χ0) is 19.2. The van der Waals surface area contributed by atoms with E-state index in [4.69, 9.17) is 34.8 Å². The molecule has 3 aromatic carbocycles. The van der Waals surface area contributed by atoms with Gasteiger partial charge in [0.15, 0.2) is 10.7 Å². The lowest BCUT2D eigenvalue weighted by molar-refractivity contribution is 0.104. The predicted octanol–water partition coefficient (Wildman–Crippen LogP) is 6.42. The molecule has 0 spiro atoms. The molecular weight excluding hydrogens is 421 g/mol. The fraction of sp³-hybridized carbons (Fsp3) is 0.0952. The molecule has 0 saturated heterocycles. The van der Waals surface area contributed by atoms with Gasteiger partial charge in [0.05, 0.1) is 17.0 Å². The number of hydrogen-bond donors (Lipinski definition) is 1. The molecule has 1 unspecified atom stereocenters. The Morgan fingerprint density at radius 2 is 1.70 bits per heavy atom. The summed E-state index contributed by atoms with van der Waals surface area (Å²) in [5.74, 6) is -0.0789. The van der Waals surface area contributed by atoms with Crippen LogP contribution in [0.5, 0.6) is 0 Å². The first-order valence-corrected chi connectivity index (χ1v) is 11.0. The minimum absolute atomic E-state index is 0.0789. The zero-order valence-electron chi connectivity index (χ0n) is 14.3. The van der Waals surface area contributed by atoms with E-state index in [0.29, 0.717) is 11.1 Å². The van der Waals surface area contributed by atoms with Crippen molar-refractivity contribution in [3.63, 3.8) is 0 Å². The van der Waals surface area contributed by atoms with E-state index in [0.717, 1.165) is 16.1 Å². The third kappa shape index (κ3) is 3.57. The van der Waals surface area contributed by atoms with Crippen molar-refractivity contribution in [2.45, 2.75) is 8.69 Å². The number of benzene rings is 3. The summed E-state index contributed by atoms with van der Waals surface area (Å²) in [6.45, 7) is 0. The van der Waals surface area contributed by atoms with Gasteiger partial charge in [-0.2, -0.15) is 0 Å². The van der Waals surface area contributed by atoms with Crippen LogP contribution in [0.25, 0.3) is 10.8 Å². The van der Waals surface area contributed by atoms with Gasteiger partial charge in [-0.25, -0.2) is 0 Å². The summed E-state index contributed by atoms with van der Waals surface area (Å²) in [7, 11) is -0.189. The van der Waals surface area contributed by atoms with Gasteiger partial charge < -0.3 is 5.32 Å². The number of alkyl halides is 3. The van der Waals surface area contributed by atoms with E-state index in [1.54, 1.807) is 30.3 Å². The number of allylic oxidation sites excluding steroid dienone is 1. The van der Waals surface area contributed by atoms with E-state index in [9.17, 15) is 4.79 Å². The van der Waals surface area contributed by atoms with Crippen molar-refractivity contribution in [2.75, 3.05) is 11.6 Å². The van der Waals surface area contributed by atoms with Crippen molar-refractivity contribution in [1.29, 1.82) is 0 Å². The highest BCUT2D eigenvalue weighted by Crippen LogP contribution is 2.41. The van der Waals surface area contributed by atoms with Gasteiger partial charge in [-0.05, 0) is 17.5 Å². The van der Waals surface area contributed by atoms with Gasteiger partial charge in [-0.3, -0.25) is 4.79 Å². The molecule has 1 heterocycles. The Kier molecular flexibility index (Phi) is 4.89. The zero-order valence-corrected chi connectivity index (χ0v) is 17.4. The van der Waals surface area contributed by atoms with Crippen LogP contribution in [-0.2, 0) is 14.7 Å². The summed E-state index contributed by atoms with van der Waals surface area (Å²) in [6, 6.07) is 19.2. The van der Waals surface area contributed by atoms with Gasteiger partial charge in [-0.1, -0.05) is 83.3 Å². The Morgan fingerprint density at radius 3 is 2.41 bits per heavy atom. The molecule has 0 fully saturated rings. The minimum Gasteiger partial charge on any atom is -0.311 e. The summed E-state index contributed by atoms with van der Waals surface area (Å²) in [5.41, 5.74) is 2.18. The lowest BCUT2D eigenvalue weighted by Crippen LogP contribution is -2.06. The number of nitrogens with one attached hydrogen (secondary N) is 1. The van der Waals surface area contributed by atoms with E-state index in [2.05, 4.69) is 35.8 Å². The smallest absolute Gasteiger partial charge is 0.234 e. The van der Waals surface area contributed by atoms with Crippen molar-refractivity contribution in [3.8, 4) is 0 Å². The highest BCUT2D eigenvalue weighted by atomic mass is 35.6. The molecule has 1 atom stereocenters. The van der Waals surface area contributed by atoms with Gasteiger partial charge in [0.25, 0.3) is 0 Å². The van der Waals surface area contributed by atoms with E-state index in [1.165, 1.54) is 10.3 Å². The number of halogens is 3. The first-order valence-electron chi connectivity index (χ1n) is 8.22. The van der Waals surface area contributed by atoms with E-state index in [-0.39, 0.29) is 16.7 Å². The summed E-state index contributed by atoms with van der Waals surface area (Å²) in [6.07, 6.45) is 3.79. The minimum atomic E-state index is -1.49. The van der Waals surface area contributed by atoms with Crippen molar-refractivity contribution in [2.24, 2.45) is 0 Å². The number of carbonyl (C=O) groups is 1. The molecule has 4 rings (SSSR count). The van der Waals surface area contributed by atoms with Gasteiger partial charge in [0.2, 0.25) is 8.82 Å². The molecule has 0 saturated carbocycles. The van der Waals surface area contributed by atoms with Crippen LogP contribution in [0.2, 0.25) is 0 Å².